The molecular weight excluding hydrogens is 278 g/mol. The molecule has 1 aromatic rings. The summed E-state index contributed by atoms with van der Waals surface area (Å²) in [5.74, 6) is -0.334. The zero-order valence-corrected chi connectivity index (χ0v) is 13.5. The van der Waals surface area contributed by atoms with E-state index in [0.717, 1.165) is 6.42 Å². The Morgan fingerprint density at radius 1 is 1.27 bits per heavy atom. The lowest BCUT2D eigenvalue weighted by Crippen LogP contribution is -2.43. The van der Waals surface area contributed by atoms with E-state index in [4.69, 9.17) is 5.73 Å². The predicted molar refractivity (Wildman–Crippen MR) is 88.2 cm³/mol. The molecule has 0 aromatic heterocycles. The molecule has 0 aliphatic rings. The summed E-state index contributed by atoms with van der Waals surface area (Å²) in [4.78, 5) is 24.9. The second-order valence-corrected chi connectivity index (χ2v) is 5.52. The molecule has 2 amide bonds. The third-order valence-electron chi connectivity index (χ3n) is 3.24. The van der Waals surface area contributed by atoms with Crippen molar-refractivity contribution < 1.29 is 9.59 Å². The minimum Gasteiger partial charge on any atom is -0.349 e. The summed E-state index contributed by atoms with van der Waals surface area (Å²) >= 11 is 0. The lowest BCUT2D eigenvalue weighted by molar-refractivity contribution is -0.124. The van der Waals surface area contributed by atoms with E-state index in [0.29, 0.717) is 6.42 Å². The van der Waals surface area contributed by atoms with Crippen LogP contribution in [0.2, 0.25) is 0 Å². The van der Waals surface area contributed by atoms with Crippen molar-refractivity contribution in [3.05, 3.63) is 48.0 Å². The van der Waals surface area contributed by atoms with Crippen LogP contribution in [0.25, 0.3) is 0 Å². The van der Waals surface area contributed by atoms with Crippen LogP contribution < -0.4 is 11.1 Å². The Morgan fingerprint density at radius 2 is 1.91 bits per heavy atom. The summed E-state index contributed by atoms with van der Waals surface area (Å²) in [6.45, 7) is 1.64. The molecule has 2 atom stereocenters. The van der Waals surface area contributed by atoms with E-state index < -0.39 is 6.04 Å². The van der Waals surface area contributed by atoms with Crippen LogP contribution in [0.5, 0.6) is 0 Å². The van der Waals surface area contributed by atoms with Gasteiger partial charge in [-0.05, 0) is 25.3 Å². The monoisotopic (exact) mass is 303 g/mol. The van der Waals surface area contributed by atoms with Crippen LogP contribution in [-0.4, -0.2) is 42.9 Å². The molecule has 0 saturated carbocycles. The van der Waals surface area contributed by atoms with E-state index in [2.05, 4.69) is 5.32 Å². The van der Waals surface area contributed by atoms with Gasteiger partial charge in [0, 0.05) is 26.2 Å². The average Bonchev–Trinajstić information content (AvgIpc) is 2.50. The topological polar surface area (TPSA) is 75.4 Å². The highest BCUT2D eigenvalue weighted by molar-refractivity contribution is 5.87. The number of benzene rings is 1. The molecule has 0 unspecified atom stereocenters. The van der Waals surface area contributed by atoms with Crippen LogP contribution in [-0.2, 0) is 16.0 Å². The van der Waals surface area contributed by atoms with Gasteiger partial charge in [-0.2, -0.15) is 0 Å². The molecule has 1 aromatic carbocycles. The van der Waals surface area contributed by atoms with Gasteiger partial charge in [0.1, 0.15) is 0 Å². The zero-order chi connectivity index (χ0) is 16.5. The number of amides is 2. The van der Waals surface area contributed by atoms with Gasteiger partial charge in [-0.3, -0.25) is 9.59 Å². The Kier molecular flexibility index (Phi) is 7.32. The van der Waals surface area contributed by atoms with Crippen LogP contribution in [0.1, 0.15) is 18.9 Å². The maximum Gasteiger partial charge on any atom is 0.245 e. The Morgan fingerprint density at radius 3 is 2.45 bits per heavy atom. The highest BCUT2D eigenvalue weighted by atomic mass is 16.2. The van der Waals surface area contributed by atoms with Crippen molar-refractivity contribution in [3.8, 4) is 0 Å². The maximum atomic E-state index is 11.8. The molecule has 5 nitrogen and oxygen atoms in total. The standard InChI is InChI=1S/C17H25N3O2/c1-13(18)17(22)19-15(11-12-16(21)20(2)3)10-9-14-7-5-4-6-8-14/h4-8,11-13,15H,9-10,18H2,1-3H3,(H,19,22)/t13-,15-/m0/s1. The number of aryl methyl sites for hydroxylation is 1. The van der Waals surface area contributed by atoms with Gasteiger partial charge in [-0.1, -0.05) is 36.4 Å². The van der Waals surface area contributed by atoms with Gasteiger partial charge in [-0.25, -0.2) is 0 Å². The highest BCUT2D eigenvalue weighted by Gasteiger charge is 2.13. The Bertz CT molecular complexity index is 510. The van der Waals surface area contributed by atoms with E-state index in [9.17, 15) is 9.59 Å². The van der Waals surface area contributed by atoms with Crippen LogP contribution in [0.3, 0.4) is 0 Å². The Labute approximate surface area is 132 Å². The third kappa shape index (κ3) is 6.54. The van der Waals surface area contributed by atoms with Crippen molar-refractivity contribution in [2.75, 3.05) is 14.1 Å². The zero-order valence-electron chi connectivity index (χ0n) is 13.5. The summed E-state index contributed by atoms with van der Waals surface area (Å²) in [6.07, 6.45) is 4.73. The SMILES string of the molecule is C[C@H](N)C(=O)N[C@H](C=CC(=O)N(C)C)CCc1ccccc1. The number of hydrogen-bond acceptors (Lipinski definition) is 3. The van der Waals surface area contributed by atoms with E-state index in [1.54, 1.807) is 27.1 Å². The van der Waals surface area contributed by atoms with Crippen molar-refractivity contribution in [2.45, 2.75) is 31.8 Å². The fraction of sp³-hybridized carbons (Fsp3) is 0.412. The molecule has 0 radical (unpaired) electrons. The van der Waals surface area contributed by atoms with Crippen LogP contribution in [0.15, 0.2) is 42.5 Å². The van der Waals surface area contributed by atoms with Crippen molar-refractivity contribution in [1.29, 1.82) is 0 Å². The minimum atomic E-state index is -0.572. The van der Waals surface area contributed by atoms with Crippen molar-refractivity contribution in [3.63, 3.8) is 0 Å². The molecule has 22 heavy (non-hydrogen) atoms. The molecule has 0 saturated heterocycles. The number of rotatable bonds is 7. The summed E-state index contributed by atoms with van der Waals surface area (Å²) in [5.41, 5.74) is 6.77. The second-order valence-electron chi connectivity index (χ2n) is 5.52. The van der Waals surface area contributed by atoms with E-state index in [1.165, 1.54) is 16.5 Å². The van der Waals surface area contributed by atoms with Crippen molar-refractivity contribution >= 4 is 11.8 Å². The molecule has 0 heterocycles. The lowest BCUT2D eigenvalue weighted by atomic mass is 10.0. The van der Waals surface area contributed by atoms with Crippen LogP contribution in [0.4, 0.5) is 0 Å². The summed E-state index contributed by atoms with van der Waals surface area (Å²) in [5, 5.41) is 2.86. The Hall–Kier alpha value is -2.14. The molecule has 5 heteroatoms. The number of nitrogens with one attached hydrogen (secondary N) is 1. The first-order chi connectivity index (χ1) is 10.4. The van der Waals surface area contributed by atoms with Crippen LogP contribution in [0, 0.1) is 0 Å². The van der Waals surface area contributed by atoms with Gasteiger partial charge in [0.15, 0.2) is 0 Å². The number of hydrogen-bond donors (Lipinski definition) is 2. The first-order valence-electron chi connectivity index (χ1n) is 7.39. The quantitative estimate of drug-likeness (QED) is 0.741. The molecule has 1 rings (SSSR count). The fourth-order valence-corrected chi connectivity index (χ4v) is 1.85. The van der Waals surface area contributed by atoms with Gasteiger partial charge < -0.3 is 16.0 Å². The molecule has 0 spiro atoms. The van der Waals surface area contributed by atoms with Gasteiger partial charge in [0.2, 0.25) is 11.8 Å². The smallest absolute Gasteiger partial charge is 0.245 e. The normalized spacial score (nSPS) is 13.6. The van der Waals surface area contributed by atoms with E-state index in [-0.39, 0.29) is 17.9 Å². The maximum absolute atomic E-state index is 11.8. The summed E-state index contributed by atoms with van der Waals surface area (Å²) in [6, 6.07) is 9.22. The van der Waals surface area contributed by atoms with Crippen molar-refractivity contribution in [2.24, 2.45) is 5.73 Å². The number of nitrogens with zero attached hydrogens (tertiary/aromatic N) is 1. The van der Waals surface area contributed by atoms with Gasteiger partial charge in [0.25, 0.3) is 0 Å². The molecule has 0 fully saturated rings. The number of likely N-dealkylation sites (N-methyl/N-ethyl adjacent to an activating group) is 1. The van der Waals surface area contributed by atoms with Gasteiger partial charge >= 0.3 is 0 Å². The van der Waals surface area contributed by atoms with E-state index >= 15 is 0 Å². The number of carbonyl (C=O) groups is 2. The van der Waals surface area contributed by atoms with Crippen LogP contribution >= 0.6 is 0 Å². The first kappa shape index (κ1) is 17.9. The van der Waals surface area contributed by atoms with Gasteiger partial charge in [0.05, 0.1) is 6.04 Å². The van der Waals surface area contributed by atoms with Gasteiger partial charge in [-0.15, -0.1) is 0 Å². The second kappa shape index (κ2) is 9.00. The largest absolute Gasteiger partial charge is 0.349 e. The predicted octanol–water partition coefficient (Wildman–Crippen LogP) is 1.10. The summed E-state index contributed by atoms with van der Waals surface area (Å²) < 4.78 is 0. The third-order valence-corrected chi connectivity index (χ3v) is 3.24. The molecule has 0 aliphatic heterocycles. The number of nitrogens with two attached hydrogens (primary N) is 1. The highest BCUT2D eigenvalue weighted by Crippen LogP contribution is 2.06. The summed E-state index contributed by atoms with van der Waals surface area (Å²) in [7, 11) is 3.37. The molecule has 0 aliphatic carbocycles. The van der Waals surface area contributed by atoms with Crippen molar-refractivity contribution in [1.82, 2.24) is 10.2 Å². The average molecular weight is 303 g/mol. The first-order valence-corrected chi connectivity index (χ1v) is 7.39. The molecule has 3 N–H and O–H groups in total. The molecule has 0 bridgehead atoms. The molecule has 120 valence electrons. The number of carbonyl (C=O) groups excluding carboxylic acids is 2. The Balaban J connectivity index is 2.69. The minimum absolute atomic E-state index is 0.111. The van der Waals surface area contributed by atoms with E-state index in [1.807, 2.05) is 30.3 Å². The fourth-order valence-electron chi connectivity index (χ4n) is 1.85. The molecular formula is C17H25N3O2. The lowest BCUT2D eigenvalue weighted by Gasteiger charge is -2.17.